The average Bonchev–Trinajstić information content (AvgIpc) is 0.918. The van der Waals surface area contributed by atoms with Gasteiger partial charge in [0, 0.05) is 25.7 Å². The van der Waals surface area contributed by atoms with Crippen LogP contribution in [-0.2, 0) is 65.4 Å². The first-order valence-electron chi connectivity index (χ1n) is 40.8. The second-order valence-electron chi connectivity index (χ2n) is 27.0. The number of carbonyl (C=O) groups excluding carboxylic acids is 4. The van der Waals surface area contributed by atoms with Crippen LogP contribution in [0.5, 0.6) is 0 Å². The van der Waals surface area contributed by atoms with Crippen molar-refractivity contribution >= 4 is 39.5 Å². The van der Waals surface area contributed by atoms with Gasteiger partial charge in [0.1, 0.15) is 19.3 Å². The van der Waals surface area contributed by atoms with Gasteiger partial charge in [-0.1, -0.05) is 278 Å². The van der Waals surface area contributed by atoms with E-state index in [1.165, 1.54) is 83.5 Å². The number of phosphoric acid groups is 2. The van der Waals surface area contributed by atoms with Crippen LogP contribution in [0, 0.1) is 0 Å². The molecule has 17 nitrogen and oxygen atoms in total. The summed E-state index contributed by atoms with van der Waals surface area (Å²) < 4.78 is 68.6. The first-order chi connectivity index (χ1) is 50.7. The van der Waals surface area contributed by atoms with Crippen molar-refractivity contribution in [2.75, 3.05) is 39.6 Å². The molecule has 0 radical (unpaired) electrons. The molecule has 0 aliphatic heterocycles. The summed E-state index contributed by atoms with van der Waals surface area (Å²) in [5.41, 5.74) is 0. The van der Waals surface area contributed by atoms with Gasteiger partial charge in [-0.15, -0.1) is 0 Å². The minimum atomic E-state index is -5.00. The summed E-state index contributed by atoms with van der Waals surface area (Å²) in [5, 5.41) is 10.6. The first kappa shape index (κ1) is 99.5. The quantitative estimate of drug-likeness (QED) is 0.0169. The molecule has 19 heteroatoms. The summed E-state index contributed by atoms with van der Waals surface area (Å²) >= 11 is 0. The molecule has 0 spiro atoms. The fourth-order valence-corrected chi connectivity index (χ4v) is 12.2. The molecule has 0 aromatic heterocycles. The van der Waals surface area contributed by atoms with E-state index in [1.807, 2.05) is 12.2 Å². The summed E-state index contributed by atoms with van der Waals surface area (Å²) in [4.78, 5) is 73.0. The van der Waals surface area contributed by atoms with Crippen LogP contribution in [0.3, 0.4) is 0 Å². The van der Waals surface area contributed by atoms with Gasteiger partial charge in [-0.25, -0.2) is 9.13 Å². The van der Waals surface area contributed by atoms with Crippen molar-refractivity contribution in [1.29, 1.82) is 0 Å². The predicted molar refractivity (Wildman–Crippen MR) is 427 cm³/mol. The molecule has 0 saturated carbocycles. The third-order valence-corrected chi connectivity index (χ3v) is 18.8. The number of unbranched alkanes of at least 4 members (excludes halogenated alkanes) is 30. The smallest absolute Gasteiger partial charge is 0.462 e. The molecule has 0 bridgehead atoms. The van der Waals surface area contributed by atoms with Gasteiger partial charge in [0.05, 0.1) is 26.4 Å². The normalized spacial score (nSPS) is 14.5. The molecule has 2 unspecified atom stereocenters. The number of ether oxygens (including phenoxy) is 4. The Morgan fingerprint density at radius 3 is 0.808 bits per heavy atom. The molecule has 598 valence electrons. The van der Waals surface area contributed by atoms with Crippen LogP contribution in [0.25, 0.3) is 0 Å². The predicted octanol–water partition coefficient (Wildman–Crippen LogP) is 23.9. The highest BCUT2D eigenvalue weighted by atomic mass is 31.2. The van der Waals surface area contributed by atoms with E-state index in [-0.39, 0.29) is 25.7 Å². The third-order valence-electron chi connectivity index (χ3n) is 16.9. The van der Waals surface area contributed by atoms with E-state index in [2.05, 4.69) is 137 Å². The Balaban J connectivity index is 5.44. The van der Waals surface area contributed by atoms with E-state index in [4.69, 9.17) is 37.0 Å². The Bertz CT molecular complexity index is 2440. The molecular formula is C85H146O17P2. The van der Waals surface area contributed by atoms with E-state index in [0.717, 1.165) is 167 Å². The molecule has 3 N–H and O–H groups in total. The molecule has 5 atom stereocenters. The lowest BCUT2D eigenvalue weighted by atomic mass is 10.1. The second-order valence-corrected chi connectivity index (χ2v) is 29.9. The lowest BCUT2D eigenvalue weighted by Crippen LogP contribution is -2.30. The molecule has 104 heavy (non-hydrogen) atoms. The molecule has 0 heterocycles. The molecule has 0 aliphatic rings. The van der Waals surface area contributed by atoms with Gasteiger partial charge in [-0.2, -0.15) is 0 Å². The molecular weight excluding hydrogens is 1350 g/mol. The maximum absolute atomic E-state index is 13.1. The molecule has 0 aliphatic carbocycles. The van der Waals surface area contributed by atoms with Crippen LogP contribution < -0.4 is 0 Å². The monoisotopic (exact) mass is 1500 g/mol. The van der Waals surface area contributed by atoms with Gasteiger partial charge in [0.2, 0.25) is 0 Å². The lowest BCUT2D eigenvalue weighted by Gasteiger charge is -2.21. The zero-order valence-corrected chi connectivity index (χ0v) is 67.2. The lowest BCUT2D eigenvalue weighted by molar-refractivity contribution is -0.161. The van der Waals surface area contributed by atoms with Gasteiger partial charge in [-0.05, 0) is 154 Å². The van der Waals surface area contributed by atoms with Gasteiger partial charge >= 0.3 is 39.5 Å². The number of aliphatic hydroxyl groups excluding tert-OH is 1. The molecule has 0 rings (SSSR count). The van der Waals surface area contributed by atoms with Crippen LogP contribution >= 0.6 is 15.6 Å². The number of phosphoric ester groups is 2. The highest BCUT2D eigenvalue weighted by Crippen LogP contribution is 2.45. The molecule has 0 fully saturated rings. The van der Waals surface area contributed by atoms with Crippen LogP contribution in [0.2, 0.25) is 0 Å². The van der Waals surface area contributed by atoms with E-state index >= 15 is 0 Å². The highest BCUT2D eigenvalue weighted by Gasteiger charge is 2.30. The van der Waals surface area contributed by atoms with Crippen molar-refractivity contribution in [2.45, 2.75) is 354 Å². The van der Waals surface area contributed by atoms with Crippen molar-refractivity contribution in [3.8, 4) is 0 Å². The zero-order chi connectivity index (χ0) is 76.0. The fraction of sp³-hybridized carbons (Fsp3) is 0.718. The SMILES string of the molecule is CCCCC/C=C\C/C=C\C/C=C\C/C=C\C/C=C\CCC(=O)OC[C@H](COP(=O)(O)OC[C@@H](O)COP(=O)(O)OC[C@@H](COC(=O)CCCCCCC/C=C\C/C=C\CCCCC)OC(=O)CCCCCCCCC/C=C\CCCCCC)OC(=O)CCCCCCC/C=C\C/C=C\CCCCC. The van der Waals surface area contributed by atoms with Crippen LogP contribution in [-0.4, -0.2) is 96.7 Å². The second kappa shape index (κ2) is 76.6. The number of aliphatic hydroxyl groups is 1. The van der Waals surface area contributed by atoms with Crippen molar-refractivity contribution in [3.05, 3.63) is 122 Å². The number of hydrogen-bond acceptors (Lipinski definition) is 15. The summed E-state index contributed by atoms with van der Waals surface area (Å²) in [7, 11) is -9.99. The Hall–Kier alpha value is -4.54. The van der Waals surface area contributed by atoms with Gasteiger partial charge in [-0.3, -0.25) is 37.3 Å². The number of allylic oxidation sites excluding steroid dienone is 20. The van der Waals surface area contributed by atoms with Crippen LogP contribution in [0.1, 0.15) is 336 Å². The topological polar surface area (TPSA) is 237 Å². The maximum Gasteiger partial charge on any atom is 0.472 e. The standard InChI is InChI=1S/C85H146O17P2/c1-5-9-13-17-21-25-29-33-37-38-39-40-44-46-50-54-58-62-66-70-83(88)96-76-81(102-85(90)72-68-64-60-56-52-48-43-36-32-28-24-20-16-12-8-4)78-100-104(93,94)98-74-79(86)73-97-103(91,92)99-77-80(101-84(89)71-67-63-59-55-51-47-42-35-31-27-23-19-15-11-7-3)75-95-82(87)69-65-61-57-53-49-45-41-34-30-26-22-18-14-10-6-2/h21-22,24-28,31,33-34,36-37,39-41,43,46,50,58,62,79-81,86H,5-20,23,29-30,32,35,38,42,44-45,47-49,51-57,59-61,63-78H2,1-4H3,(H,91,92)(H,93,94)/b25-21-,26-22-,28-24-,31-27-,37-33-,40-39-,41-34-,43-36-,50-46-,62-58-/t79-,80+,81+/m0/s1. The Labute approximate surface area is 632 Å². The van der Waals surface area contributed by atoms with Crippen LogP contribution in [0.4, 0.5) is 0 Å². The summed E-state index contributed by atoms with van der Waals surface area (Å²) in [6, 6.07) is 0. The summed E-state index contributed by atoms with van der Waals surface area (Å²) in [6.45, 7) is 4.69. The van der Waals surface area contributed by atoms with E-state index in [9.17, 15) is 43.2 Å². The Morgan fingerprint density at radius 2 is 0.490 bits per heavy atom. The van der Waals surface area contributed by atoms with Crippen molar-refractivity contribution < 1.29 is 80.2 Å². The van der Waals surface area contributed by atoms with Gasteiger partial charge < -0.3 is 33.8 Å². The van der Waals surface area contributed by atoms with Gasteiger partial charge in [0.25, 0.3) is 0 Å². The zero-order valence-electron chi connectivity index (χ0n) is 65.4. The molecule has 0 aromatic rings. The number of esters is 4. The highest BCUT2D eigenvalue weighted by molar-refractivity contribution is 7.47. The number of hydrogen-bond donors (Lipinski definition) is 3. The van der Waals surface area contributed by atoms with E-state index in [0.29, 0.717) is 32.1 Å². The van der Waals surface area contributed by atoms with Crippen molar-refractivity contribution in [3.63, 3.8) is 0 Å². The van der Waals surface area contributed by atoms with Gasteiger partial charge in [0.15, 0.2) is 12.2 Å². The summed E-state index contributed by atoms with van der Waals surface area (Å²) in [5.74, 6) is -2.30. The fourth-order valence-electron chi connectivity index (χ4n) is 10.6. The van der Waals surface area contributed by atoms with E-state index < -0.39 is 97.5 Å². The minimum absolute atomic E-state index is 0.0330. The maximum atomic E-state index is 13.1. The average molecular weight is 1500 g/mol. The van der Waals surface area contributed by atoms with Crippen molar-refractivity contribution in [2.24, 2.45) is 0 Å². The number of carbonyl (C=O) groups is 4. The number of rotatable bonds is 76. The Morgan fingerprint density at radius 1 is 0.269 bits per heavy atom. The van der Waals surface area contributed by atoms with Crippen LogP contribution in [0.15, 0.2) is 122 Å². The van der Waals surface area contributed by atoms with Crippen molar-refractivity contribution in [1.82, 2.24) is 0 Å². The molecule has 0 amide bonds. The Kier molecular flexibility index (Phi) is 73.3. The third kappa shape index (κ3) is 75.7. The minimum Gasteiger partial charge on any atom is -0.462 e. The first-order valence-corrected chi connectivity index (χ1v) is 43.8. The molecule has 0 saturated heterocycles. The van der Waals surface area contributed by atoms with E-state index in [1.54, 1.807) is 0 Å². The molecule has 0 aromatic carbocycles. The summed E-state index contributed by atoms with van der Waals surface area (Å²) in [6.07, 6.45) is 84.7. The largest absolute Gasteiger partial charge is 0.472 e.